The maximum atomic E-state index is 15.2. The lowest BCUT2D eigenvalue weighted by Gasteiger charge is -2.46. The number of para-hydroxylation sites is 1. The van der Waals surface area contributed by atoms with Crippen molar-refractivity contribution in [3.63, 3.8) is 0 Å². The lowest BCUT2D eigenvalue weighted by Crippen LogP contribution is -2.65. The molecule has 0 saturated carbocycles. The molecule has 4 aromatic carbocycles. The minimum absolute atomic E-state index is 0.0303. The van der Waals surface area contributed by atoms with Crippen molar-refractivity contribution in [1.82, 2.24) is 34.9 Å². The zero-order valence-electron chi connectivity index (χ0n) is 37.5. The van der Waals surface area contributed by atoms with Crippen molar-refractivity contribution < 1.29 is 29.0 Å². The topological polar surface area (TPSA) is 149 Å². The van der Waals surface area contributed by atoms with Crippen LogP contribution in [-0.4, -0.2) is 104 Å². The fourth-order valence-corrected chi connectivity index (χ4v) is 9.98. The van der Waals surface area contributed by atoms with Crippen molar-refractivity contribution in [2.45, 2.75) is 82.1 Å². The van der Waals surface area contributed by atoms with Crippen LogP contribution in [0.1, 0.15) is 66.6 Å². The third-order valence-corrected chi connectivity index (χ3v) is 13.6. The van der Waals surface area contributed by atoms with Crippen LogP contribution in [0, 0.1) is 5.92 Å². The molecule has 5 atom stereocenters. The molecule has 2 fully saturated rings. The monoisotopic (exact) mass is 899 g/mol. The number of fused-ring (bicyclic) bond motifs is 3. The number of hydrogen-bond acceptors (Lipinski definition) is 8. The van der Waals surface area contributed by atoms with Gasteiger partial charge in [0.15, 0.2) is 0 Å². The van der Waals surface area contributed by atoms with E-state index >= 15 is 9.59 Å². The summed E-state index contributed by atoms with van der Waals surface area (Å²) < 4.78 is 8.55. The van der Waals surface area contributed by atoms with Crippen LogP contribution in [0.5, 0.6) is 11.5 Å². The Hall–Kier alpha value is -6.02. The Bertz CT molecular complexity index is 2530. The lowest BCUT2D eigenvalue weighted by atomic mass is 9.80. The minimum Gasteiger partial charge on any atom is -0.457 e. The molecular weight excluding hydrogens is 842 g/mol. The number of aromatic nitrogens is 2. The minimum atomic E-state index is -1.31. The van der Waals surface area contributed by atoms with E-state index in [4.69, 9.17) is 16.3 Å². The molecule has 2 bridgehead atoms. The summed E-state index contributed by atoms with van der Waals surface area (Å²) in [6, 6.07) is 28.1. The number of rotatable bonds is 11. The quantitative estimate of drug-likeness (QED) is 0.141. The molecule has 0 unspecified atom stereocenters. The molecule has 4 amide bonds. The van der Waals surface area contributed by atoms with Gasteiger partial charge >= 0.3 is 0 Å². The SMILES string of the molecule is C[C@H]1C(=O)N[C@@H](CO)C(=O)N[C@@]2(Cc3ccc(Cl)cc3)CCCN(C2)C(=O)[C@H]([C@@H]2CCc3ccccc32)CC(=O)N1Cc1ccccc1Oc1ccc(-c2cnc(CN(C)C)n2C)cc1. The van der Waals surface area contributed by atoms with Crippen LogP contribution in [0.4, 0.5) is 0 Å². The van der Waals surface area contributed by atoms with Crippen LogP contribution in [0.3, 0.4) is 0 Å². The highest BCUT2D eigenvalue weighted by Gasteiger charge is 2.45. The van der Waals surface area contributed by atoms with Crippen LogP contribution >= 0.6 is 11.6 Å². The van der Waals surface area contributed by atoms with Crippen LogP contribution in [-0.2, 0) is 52.2 Å². The maximum absolute atomic E-state index is 15.2. The van der Waals surface area contributed by atoms with Gasteiger partial charge in [0.05, 0.1) is 43.0 Å². The summed E-state index contributed by atoms with van der Waals surface area (Å²) in [5, 5.41) is 17.1. The van der Waals surface area contributed by atoms with Gasteiger partial charge in [0.25, 0.3) is 0 Å². The van der Waals surface area contributed by atoms with E-state index in [2.05, 4.69) is 37.2 Å². The number of hydrogen-bond donors (Lipinski definition) is 3. The normalized spacial score (nSPS) is 22.9. The van der Waals surface area contributed by atoms with Crippen molar-refractivity contribution in [2.24, 2.45) is 13.0 Å². The molecule has 340 valence electrons. The second-order valence-electron chi connectivity index (χ2n) is 18.1. The smallest absolute Gasteiger partial charge is 0.245 e. The summed E-state index contributed by atoms with van der Waals surface area (Å²) in [6.07, 6.45) is 4.75. The third kappa shape index (κ3) is 10.1. The first-order chi connectivity index (χ1) is 31.3. The molecule has 2 aliphatic heterocycles. The number of piperidine rings is 1. The average Bonchev–Trinajstić information content (AvgIpc) is 3.89. The van der Waals surface area contributed by atoms with Crippen LogP contribution < -0.4 is 15.4 Å². The molecule has 0 spiro atoms. The predicted molar refractivity (Wildman–Crippen MR) is 249 cm³/mol. The first kappa shape index (κ1) is 45.5. The van der Waals surface area contributed by atoms with Gasteiger partial charge in [0.1, 0.15) is 29.4 Å². The molecule has 3 N–H and O–H groups in total. The van der Waals surface area contributed by atoms with Gasteiger partial charge < -0.3 is 39.7 Å². The summed E-state index contributed by atoms with van der Waals surface area (Å²) in [5.74, 6) is -0.685. The van der Waals surface area contributed by atoms with E-state index < -0.39 is 42.0 Å². The average molecular weight is 901 g/mol. The number of carbonyl (C=O) groups is 4. The second kappa shape index (κ2) is 19.6. The molecule has 3 heterocycles. The zero-order chi connectivity index (χ0) is 45.8. The highest BCUT2D eigenvalue weighted by atomic mass is 35.5. The number of benzene rings is 4. The molecule has 5 aromatic rings. The molecule has 1 aromatic heterocycles. The molecule has 13 nitrogen and oxygen atoms in total. The van der Waals surface area contributed by atoms with Crippen molar-refractivity contribution in [3.05, 3.63) is 136 Å². The number of imidazole rings is 1. The fraction of sp³-hybridized carbons (Fsp3) is 0.392. The van der Waals surface area contributed by atoms with Crippen LogP contribution in [0.25, 0.3) is 11.3 Å². The Balaban J connectivity index is 1.12. The lowest BCUT2D eigenvalue weighted by molar-refractivity contribution is -0.148. The van der Waals surface area contributed by atoms with Gasteiger partial charge in [-0.15, -0.1) is 0 Å². The van der Waals surface area contributed by atoms with Crippen molar-refractivity contribution in [3.8, 4) is 22.8 Å². The van der Waals surface area contributed by atoms with E-state index in [0.717, 1.165) is 40.2 Å². The predicted octanol–water partition coefficient (Wildman–Crippen LogP) is 6.26. The molecule has 2 saturated heterocycles. The zero-order valence-corrected chi connectivity index (χ0v) is 38.3. The van der Waals surface area contributed by atoms with E-state index in [1.807, 2.05) is 105 Å². The molecular formula is C51H58ClN7O6. The summed E-state index contributed by atoms with van der Waals surface area (Å²) >= 11 is 6.24. The van der Waals surface area contributed by atoms with E-state index in [1.165, 1.54) is 4.90 Å². The third-order valence-electron chi connectivity index (χ3n) is 13.3. The van der Waals surface area contributed by atoms with Crippen molar-refractivity contribution in [1.29, 1.82) is 0 Å². The molecule has 1 aliphatic carbocycles. The number of carbonyl (C=O) groups excluding carboxylic acids is 4. The Labute approximate surface area is 385 Å². The van der Waals surface area contributed by atoms with E-state index in [9.17, 15) is 14.7 Å². The van der Waals surface area contributed by atoms with Gasteiger partial charge in [-0.1, -0.05) is 66.2 Å². The Kier molecular flexibility index (Phi) is 13.7. The van der Waals surface area contributed by atoms with Gasteiger partial charge in [0.2, 0.25) is 23.6 Å². The van der Waals surface area contributed by atoms with Gasteiger partial charge in [0, 0.05) is 42.7 Å². The Morgan fingerprint density at radius 1 is 0.923 bits per heavy atom. The van der Waals surface area contributed by atoms with E-state index in [-0.39, 0.29) is 37.2 Å². The van der Waals surface area contributed by atoms with E-state index in [0.29, 0.717) is 60.9 Å². The van der Waals surface area contributed by atoms with Crippen LogP contribution in [0.15, 0.2) is 103 Å². The molecule has 3 aliphatic rings. The molecule has 65 heavy (non-hydrogen) atoms. The van der Waals surface area contributed by atoms with Gasteiger partial charge in [-0.2, -0.15) is 0 Å². The molecule has 14 heteroatoms. The highest BCUT2D eigenvalue weighted by Crippen LogP contribution is 2.42. The standard InChI is InChI=1S/C51H58ClN7O6/c1-33-48(62)54-43(31-60)49(63)55-51(27-34-14-19-38(52)20-15-34)24-9-25-58(32-51)50(64)42(41-23-18-35-10-5-7-12-40(35)41)26-47(61)59(33)29-37-11-6-8-13-45(37)65-39-21-16-36(17-22-39)44-28-53-46(57(44)4)30-56(2)3/h5-8,10-17,19-22,28,33,41-43,60H,9,18,23-27,29-32H2,1-4H3,(H,54,62)(H,55,63)/t33-,41+,42-,43-,51+/m0/s1. The molecule has 8 rings (SSSR count). The number of nitrogens with zero attached hydrogens (tertiary/aromatic N) is 5. The largest absolute Gasteiger partial charge is 0.457 e. The maximum Gasteiger partial charge on any atom is 0.245 e. The van der Waals surface area contributed by atoms with Gasteiger partial charge in [-0.3, -0.25) is 19.2 Å². The van der Waals surface area contributed by atoms with Gasteiger partial charge in [-0.25, -0.2) is 4.98 Å². The number of aliphatic hydroxyl groups excluding tert-OH is 1. The summed E-state index contributed by atoms with van der Waals surface area (Å²) in [6.45, 7) is 2.27. The van der Waals surface area contributed by atoms with E-state index in [1.54, 1.807) is 19.1 Å². The highest BCUT2D eigenvalue weighted by molar-refractivity contribution is 6.30. The number of aryl methyl sites for hydroxylation is 1. The number of ether oxygens (including phenoxy) is 1. The first-order valence-corrected chi connectivity index (χ1v) is 22.8. The number of nitrogens with one attached hydrogen (secondary N) is 2. The Morgan fingerprint density at radius 3 is 2.42 bits per heavy atom. The first-order valence-electron chi connectivity index (χ1n) is 22.5. The number of halogens is 1. The van der Waals surface area contributed by atoms with Crippen molar-refractivity contribution >= 4 is 35.2 Å². The van der Waals surface area contributed by atoms with Crippen molar-refractivity contribution in [2.75, 3.05) is 33.8 Å². The number of amides is 4. The van der Waals surface area contributed by atoms with Gasteiger partial charge in [-0.05, 0) is 118 Å². The Morgan fingerprint density at radius 2 is 1.66 bits per heavy atom. The van der Waals surface area contributed by atoms with Crippen LogP contribution in [0.2, 0.25) is 5.02 Å². The fourth-order valence-electron chi connectivity index (χ4n) is 9.85. The molecule has 0 radical (unpaired) electrons. The summed E-state index contributed by atoms with van der Waals surface area (Å²) in [4.78, 5) is 68.8. The summed E-state index contributed by atoms with van der Waals surface area (Å²) in [5.41, 5.74) is 4.80. The number of aliphatic hydroxyl groups is 1. The second-order valence-corrected chi connectivity index (χ2v) is 18.6. The summed E-state index contributed by atoms with van der Waals surface area (Å²) in [7, 11) is 6.01.